The van der Waals surface area contributed by atoms with Gasteiger partial charge < -0.3 is 0 Å². The van der Waals surface area contributed by atoms with E-state index in [4.69, 9.17) is 0 Å². The molecule has 2 aromatic heterocycles. The Labute approximate surface area is 83.0 Å². The van der Waals surface area contributed by atoms with E-state index in [9.17, 15) is 0 Å². The number of fused-ring (bicyclic) bond motifs is 1. The Morgan fingerprint density at radius 1 is 1.36 bits per heavy atom. The van der Waals surface area contributed by atoms with Crippen LogP contribution in [0.2, 0.25) is 0 Å². The summed E-state index contributed by atoms with van der Waals surface area (Å²) in [6, 6.07) is 1.87. The van der Waals surface area contributed by atoms with Crippen LogP contribution in [0.5, 0.6) is 0 Å². The largest absolute Gasteiger partial charge is 0.269 e. The first-order valence-corrected chi connectivity index (χ1v) is 5.05. The molecule has 0 amide bonds. The smallest absolute Gasteiger partial charge is 0.163 e. The predicted octanol–water partition coefficient (Wildman–Crippen LogP) is 1.86. The molecule has 74 valence electrons. The van der Waals surface area contributed by atoms with E-state index >= 15 is 0 Å². The van der Waals surface area contributed by atoms with E-state index in [-0.39, 0.29) is 0 Å². The fraction of sp³-hybridized carbons (Fsp3) is 0.500. The lowest BCUT2D eigenvalue weighted by atomic mass is 10.2. The molecule has 0 aromatic carbocycles. The highest BCUT2D eigenvalue weighted by atomic mass is 15.2. The number of hydrogen-bond acceptors (Lipinski definition) is 3. The normalized spacial score (nSPS) is 10.9. The molecule has 14 heavy (non-hydrogen) atoms. The fourth-order valence-electron chi connectivity index (χ4n) is 1.53. The van der Waals surface area contributed by atoms with E-state index in [1.807, 2.05) is 10.5 Å². The molecule has 2 aromatic rings. The predicted molar refractivity (Wildman–Crippen MR) is 54.0 cm³/mol. The van der Waals surface area contributed by atoms with E-state index in [1.54, 1.807) is 12.5 Å². The molecule has 2 heterocycles. The Kier molecular flexibility index (Phi) is 2.72. The van der Waals surface area contributed by atoms with Crippen molar-refractivity contribution in [3.8, 4) is 0 Å². The van der Waals surface area contributed by atoms with E-state index in [1.165, 1.54) is 19.3 Å². The molecule has 0 saturated heterocycles. The van der Waals surface area contributed by atoms with Crippen LogP contribution in [0.4, 0.5) is 0 Å². The van der Waals surface area contributed by atoms with Crippen molar-refractivity contribution in [1.29, 1.82) is 0 Å². The second-order valence-corrected chi connectivity index (χ2v) is 3.38. The monoisotopic (exact) mass is 190 g/mol. The minimum Gasteiger partial charge on any atom is -0.269 e. The Balaban J connectivity index is 2.19. The average molecular weight is 190 g/mol. The summed E-state index contributed by atoms with van der Waals surface area (Å²) in [5, 5.41) is 7.84. The fourth-order valence-corrected chi connectivity index (χ4v) is 1.53. The van der Waals surface area contributed by atoms with Crippen LogP contribution in [0.25, 0.3) is 5.65 Å². The lowest BCUT2D eigenvalue weighted by molar-refractivity contribution is 0.686. The summed E-state index contributed by atoms with van der Waals surface area (Å²) in [6.07, 6.45) is 8.19. The molecule has 0 aliphatic carbocycles. The topological polar surface area (TPSA) is 43.1 Å². The highest BCUT2D eigenvalue weighted by Crippen LogP contribution is 2.05. The minimum atomic E-state index is 0.881. The second-order valence-electron chi connectivity index (χ2n) is 3.38. The number of rotatable bonds is 4. The van der Waals surface area contributed by atoms with Gasteiger partial charge >= 0.3 is 0 Å². The molecule has 0 radical (unpaired) electrons. The van der Waals surface area contributed by atoms with Crippen molar-refractivity contribution in [3.63, 3.8) is 0 Å². The summed E-state index contributed by atoms with van der Waals surface area (Å²) in [5.41, 5.74) is 0.881. The van der Waals surface area contributed by atoms with E-state index < -0.39 is 0 Å². The van der Waals surface area contributed by atoms with Gasteiger partial charge in [0.25, 0.3) is 0 Å². The zero-order chi connectivity index (χ0) is 9.80. The average Bonchev–Trinajstić information content (AvgIpc) is 2.67. The number of nitrogens with zero attached hydrogens (tertiary/aromatic N) is 4. The minimum absolute atomic E-state index is 0.881. The molecule has 0 spiro atoms. The zero-order valence-corrected chi connectivity index (χ0v) is 8.35. The van der Waals surface area contributed by atoms with Gasteiger partial charge in [0, 0.05) is 18.7 Å². The van der Waals surface area contributed by atoms with Gasteiger partial charge in [0.05, 0.1) is 0 Å². The highest BCUT2D eigenvalue weighted by Gasteiger charge is 2.01. The van der Waals surface area contributed by atoms with Gasteiger partial charge in [-0.05, 0) is 6.42 Å². The van der Waals surface area contributed by atoms with E-state index in [0.29, 0.717) is 0 Å². The molecular formula is C10H14N4. The van der Waals surface area contributed by atoms with Crippen LogP contribution in [0.3, 0.4) is 0 Å². The molecule has 0 atom stereocenters. The molecular weight excluding hydrogens is 176 g/mol. The lowest BCUT2D eigenvalue weighted by Crippen LogP contribution is -1.99. The number of aryl methyl sites for hydroxylation is 1. The Bertz CT molecular complexity index is 407. The Morgan fingerprint density at radius 2 is 2.29 bits per heavy atom. The maximum absolute atomic E-state index is 4.33. The summed E-state index contributed by atoms with van der Waals surface area (Å²) >= 11 is 0. The molecule has 0 unspecified atom stereocenters. The lowest BCUT2D eigenvalue weighted by Gasteiger charge is -2.01. The maximum atomic E-state index is 4.33. The summed E-state index contributed by atoms with van der Waals surface area (Å²) in [6.45, 7) is 2.20. The molecule has 0 aliphatic rings. The van der Waals surface area contributed by atoms with Gasteiger partial charge in [0.2, 0.25) is 0 Å². The van der Waals surface area contributed by atoms with Crippen LogP contribution in [-0.2, 0) is 6.42 Å². The third-order valence-corrected chi connectivity index (χ3v) is 2.30. The van der Waals surface area contributed by atoms with Gasteiger partial charge in [-0.15, -0.1) is 10.2 Å². The summed E-state index contributed by atoms with van der Waals surface area (Å²) in [5.74, 6) is 1.06. The molecule has 4 heteroatoms. The van der Waals surface area contributed by atoms with Crippen molar-refractivity contribution in [2.75, 3.05) is 0 Å². The van der Waals surface area contributed by atoms with Crippen molar-refractivity contribution >= 4 is 5.65 Å². The Morgan fingerprint density at radius 3 is 3.14 bits per heavy atom. The molecule has 0 aliphatic heterocycles. The van der Waals surface area contributed by atoms with Gasteiger partial charge in [0.1, 0.15) is 12.2 Å². The third-order valence-electron chi connectivity index (χ3n) is 2.30. The van der Waals surface area contributed by atoms with Gasteiger partial charge in [-0.2, -0.15) is 0 Å². The van der Waals surface area contributed by atoms with Crippen LogP contribution < -0.4 is 0 Å². The zero-order valence-electron chi connectivity index (χ0n) is 8.35. The van der Waals surface area contributed by atoms with Crippen molar-refractivity contribution < 1.29 is 0 Å². The Hall–Kier alpha value is -1.45. The number of hydrogen-bond donors (Lipinski definition) is 0. The number of unbranched alkanes of at least 4 members (excludes halogenated alkanes) is 2. The molecule has 4 nitrogen and oxygen atoms in total. The second kappa shape index (κ2) is 4.17. The quantitative estimate of drug-likeness (QED) is 0.691. The van der Waals surface area contributed by atoms with Gasteiger partial charge in [-0.3, -0.25) is 4.40 Å². The number of aromatic nitrogens is 4. The SMILES string of the molecule is CCCCCc1nccc2nncn12. The third kappa shape index (κ3) is 1.73. The summed E-state index contributed by atoms with van der Waals surface area (Å²) in [7, 11) is 0. The molecule has 0 saturated carbocycles. The first-order chi connectivity index (χ1) is 6.92. The van der Waals surface area contributed by atoms with Gasteiger partial charge in [0.15, 0.2) is 5.65 Å². The van der Waals surface area contributed by atoms with Gasteiger partial charge in [-0.1, -0.05) is 19.8 Å². The van der Waals surface area contributed by atoms with Crippen LogP contribution >= 0.6 is 0 Å². The molecule has 0 fully saturated rings. The maximum Gasteiger partial charge on any atom is 0.163 e. The summed E-state index contributed by atoms with van der Waals surface area (Å²) < 4.78 is 1.95. The van der Waals surface area contributed by atoms with Crippen molar-refractivity contribution in [3.05, 3.63) is 24.4 Å². The van der Waals surface area contributed by atoms with E-state index in [2.05, 4.69) is 22.1 Å². The highest BCUT2D eigenvalue weighted by molar-refractivity contribution is 5.35. The standard InChI is InChI=1S/C10H14N4/c1-2-3-4-5-9-11-7-6-10-13-12-8-14(9)10/h6-8H,2-5H2,1H3. The van der Waals surface area contributed by atoms with E-state index in [0.717, 1.165) is 17.9 Å². The van der Waals surface area contributed by atoms with Crippen molar-refractivity contribution in [1.82, 2.24) is 19.6 Å². The first-order valence-electron chi connectivity index (χ1n) is 5.05. The van der Waals surface area contributed by atoms with Gasteiger partial charge in [-0.25, -0.2) is 4.98 Å². The van der Waals surface area contributed by atoms with Crippen molar-refractivity contribution in [2.24, 2.45) is 0 Å². The molecule has 0 N–H and O–H groups in total. The van der Waals surface area contributed by atoms with Crippen LogP contribution in [-0.4, -0.2) is 19.6 Å². The van der Waals surface area contributed by atoms with Crippen LogP contribution in [0.1, 0.15) is 32.0 Å². The van der Waals surface area contributed by atoms with Crippen molar-refractivity contribution in [2.45, 2.75) is 32.6 Å². The van der Waals surface area contributed by atoms with Crippen LogP contribution in [0, 0.1) is 0 Å². The molecule has 0 bridgehead atoms. The van der Waals surface area contributed by atoms with Crippen LogP contribution in [0.15, 0.2) is 18.6 Å². The first kappa shape index (κ1) is 9.12. The molecule has 2 rings (SSSR count). The summed E-state index contributed by atoms with van der Waals surface area (Å²) in [4.78, 5) is 4.33.